The van der Waals surface area contributed by atoms with Crippen LogP contribution in [0.25, 0.3) is 0 Å². The van der Waals surface area contributed by atoms with Crippen LogP contribution < -0.4 is 15.2 Å². The molecule has 0 spiro atoms. The molecule has 3 heteroatoms. The summed E-state index contributed by atoms with van der Waals surface area (Å²) in [6.07, 6.45) is 2.48. The van der Waals surface area contributed by atoms with Gasteiger partial charge < -0.3 is 15.2 Å². The van der Waals surface area contributed by atoms with Crippen LogP contribution in [-0.4, -0.2) is 6.79 Å². The van der Waals surface area contributed by atoms with Crippen LogP contribution in [0, 0.1) is 5.92 Å². The third-order valence-corrected chi connectivity index (χ3v) is 2.92. The van der Waals surface area contributed by atoms with Gasteiger partial charge in [-0.25, -0.2) is 0 Å². The highest BCUT2D eigenvalue weighted by Gasteiger charge is 2.32. The zero-order valence-corrected chi connectivity index (χ0v) is 7.90. The molecule has 1 aromatic carbocycles. The van der Waals surface area contributed by atoms with E-state index < -0.39 is 0 Å². The molecule has 0 unspecified atom stereocenters. The van der Waals surface area contributed by atoms with Crippen LogP contribution in [0.15, 0.2) is 18.2 Å². The molecule has 1 aliphatic heterocycles. The molecule has 1 aliphatic carbocycles. The molecule has 74 valence electrons. The highest BCUT2D eigenvalue weighted by Crippen LogP contribution is 2.45. The van der Waals surface area contributed by atoms with Crippen molar-refractivity contribution in [1.82, 2.24) is 0 Å². The number of para-hydroxylation sites is 1. The normalized spacial score (nSPS) is 20.9. The van der Waals surface area contributed by atoms with Gasteiger partial charge in [-0.05, 0) is 24.8 Å². The van der Waals surface area contributed by atoms with Crippen LogP contribution >= 0.6 is 0 Å². The van der Waals surface area contributed by atoms with Gasteiger partial charge in [0.05, 0.1) is 0 Å². The van der Waals surface area contributed by atoms with Crippen LogP contribution in [0.4, 0.5) is 0 Å². The first-order chi connectivity index (χ1) is 6.86. The van der Waals surface area contributed by atoms with E-state index in [1.807, 2.05) is 18.2 Å². The van der Waals surface area contributed by atoms with Crippen molar-refractivity contribution < 1.29 is 9.47 Å². The van der Waals surface area contributed by atoms with Crippen molar-refractivity contribution in [2.24, 2.45) is 11.7 Å². The summed E-state index contributed by atoms with van der Waals surface area (Å²) < 4.78 is 10.7. The van der Waals surface area contributed by atoms with E-state index >= 15 is 0 Å². The van der Waals surface area contributed by atoms with Crippen LogP contribution in [0.3, 0.4) is 0 Å². The van der Waals surface area contributed by atoms with Crippen LogP contribution in [0.1, 0.15) is 24.4 Å². The lowest BCUT2D eigenvalue weighted by Crippen LogP contribution is -2.13. The molecular weight excluding hydrogens is 178 g/mol. The lowest BCUT2D eigenvalue weighted by atomic mass is 10.0. The SMILES string of the molecule is N[C@@H](c1cccc2c1OCO2)C1CC1. The summed E-state index contributed by atoms with van der Waals surface area (Å²) in [5.74, 6) is 2.33. The number of ether oxygens (including phenoxy) is 2. The number of fused-ring (bicyclic) bond motifs is 1. The number of nitrogens with two attached hydrogens (primary N) is 1. The minimum atomic E-state index is 0.117. The Morgan fingerprint density at radius 1 is 1.29 bits per heavy atom. The third kappa shape index (κ3) is 1.16. The number of rotatable bonds is 2. The lowest BCUT2D eigenvalue weighted by molar-refractivity contribution is 0.173. The molecule has 1 fully saturated rings. The summed E-state index contributed by atoms with van der Waals surface area (Å²) in [7, 11) is 0. The average molecular weight is 191 g/mol. The van der Waals surface area contributed by atoms with Crippen LogP contribution in [-0.2, 0) is 0 Å². The van der Waals surface area contributed by atoms with Crippen LogP contribution in [0.2, 0.25) is 0 Å². The lowest BCUT2D eigenvalue weighted by Gasteiger charge is -2.12. The zero-order valence-electron chi connectivity index (χ0n) is 7.90. The monoisotopic (exact) mass is 191 g/mol. The minimum Gasteiger partial charge on any atom is -0.454 e. The predicted molar refractivity (Wildman–Crippen MR) is 52.2 cm³/mol. The molecule has 3 nitrogen and oxygen atoms in total. The molecule has 3 rings (SSSR count). The molecule has 2 aliphatic rings. The Morgan fingerprint density at radius 3 is 2.93 bits per heavy atom. The molecule has 0 aromatic heterocycles. The molecule has 1 atom stereocenters. The second kappa shape index (κ2) is 2.89. The Labute approximate surface area is 82.8 Å². The van der Waals surface area contributed by atoms with E-state index in [0.717, 1.165) is 17.1 Å². The van der Waals surface area contributed by atoms with E-state index in [0.29, 0.717) is 12.7 Å². The Kier molecular flexibility index (Phi) is 1.67. The van der Waals surface area contributed by atoms with E-state index in [1.54, 1.807) is 0 Å². The van der Waals surface area contributed by atoms with Gasteiger partial charge in [-0.1, -0.05) is 12.1 Å². The second-order valence-electron chi connectivity index (χ2n) is 3.94. The highest BCUT2D eigenvalue weighted by molar-refractivity contribution is 5.49. The van der Waals surface area contributed by atoms with Crippen molar-refractivity contribution in [2.75, 3.05) is 6.79 Å². The minimum absolute atomic E-state index is 0.117. The van der Waals surface area contributed by atoms with E-state index in [1.165, 1.54) is 12.8 Å². The average Bonchev–Trinajstić information content (AvgIpc) is 2.94. The second-order valence-corrected chi connectivity index (χ2v) is 3.94. The van der Waals surface area contributed by atoms with Crippen molar-refractivity contribution in [1.29, 1.82) is 0 Å². The van der Waals surface area contributed by atoms with Crippen LogP contribution in [0.5, 0.6) is 11.5 Å². The molecule has 1 heterocycles. The first kappa shape index (κ1) is 8.12. The number of benzene rings is 1. The molecule has 0 amide bonds. The topological polar surface area (TPSA) is 44.5 Å². The van der Waals surface area contributed by atoms with Gasteiger partial charge in [0.2, 0.25) is 6.79 Å². The largest absolute Gasteiger partial charge is 0.454 e. The summed E-state index contributed by atoms with van der Waals surface area (Å²) in [6.45, 7) is 0.323. The molecule has 0 bridgehead atoms. The van der Waals surface area contributed by atoms with Crippen molar-refractivity contribution in [3.8, 4) is 11.5 Å². The molecule has 2 N–H and O–H groups in total. The predicted octanol–water partition coefficient (Wildman–Crippen LogP) is 1.83. The Hall–Kier alpha value is -1.22. The Balaban J connectivity index is 2.00. The van der Waals surface area contributed by atoms with Gasteiger partial charge in [0, 0.05) is 11.6 Å². The van der Waals surface area contributed by atoms with E-state index in [2.05, 4.69) is 0 Å². The summed E-state index contributed by atoms with van der Waals surface area (Å²) >= 11 is 0. The van der Waals surface area contributed by atoms with E-state index in [-0.39, 0.29) is 6.04 Å². The first-order valence-corrected chi connectivity index (χ1v) is 5.00. The summed E-state index contributed by atoms with van der Waals surface area (Å²) in [5, 5.41) is 0. The maximum absolute atomic E-state index is 6.14. The van der Waals surface area contributed by atoms with Crippen molar-refractivity contribution in [2.45, 2.75) is 18.9 Å². The fourth-order valence-electron chi connectivity index (χ4n) is 1.92. The van der Waals surface area contributed by atoms with Gasteiger partial charge in [-0.15, -0.1) is 0 Å². The van der Waals surface area contributed by atoms with Crippen molar-refractivity contribution in [3.63, 3.8) is 0 Å². The molecule has 0 saturated heterocycles. The van der Waals surface area contributed by atoms with Gasteiger partial charge in [0.1, 0.15) is 0 Å². The fraction of sp³-hybridized carbons (Fsp3) is 0.455. The van der Waals surface area contributed by atoms with Crippen molar-refractivity contribution >= 4 is 0 Å². The molecule has 0 radical (unpaired) electrons. The fourth-order valence-corrected chi connectivity index (χ4v) is 1.92. The third-order valence-electron chi connectivity index (χ3n) is 2.92. The van der Waals surface area contributed by atoms with Gasteiger partial charge in [0.15, 0.2) is 11.5 Å². The van der Waals surface area contributed by atoms with Gasteiger partial charge in [-0.3, -0.25) is 0 Å². The smallest absolute Gasteiger partial charge is 0.231 e. The van der Waals surface area contributed by atoms with Crippen molar-refractivity contribution in [3.05, 3.63) is 23.8 Å². The highest BCUT2D eigenvalue weighted by atomic mass is 16.7. The molecule has 1 aromatic rings. The quantitative estimate of drug-likeness (QED) is 0.775. The maximum Gasteiger partial charge on any atom is 0.231 e. The maximum atomic E-state index is 6.14. The molecule has 1 saturated carbocycles. The van der Waals surface area contributed by atoms with Gasteiger partial charge in [-0.2, -0.15) is 0 Å². The number of hydrogen-bond donors (Lipinski definition) is 1. The molecule has 14 heavy (non-hydrogen) atoms. The number of hydrogen-bond acceptors (Lipinski definition) is 3. The van der Waals surface area contributed by atoms with Gasteiger partial charge >= 0.3 is 0 Å². The summed E-state index contributed by atoms with van der Waals surface area (Å²) in [6, 6.07) is 6.05. The Morgan fingerprint density at radius 2 is 2.14 bits per heavy atom. The van der Waals surface area contributed by atoms with Gasteiger partial charge in [0.25, 0.3) is 0 Å². The molecular formula is C11H13NO2. The summed E-state index contributed by atoms with van der Waals surface area (Å²) in [5.41, 5.74) is 7.24. The van der Waals surface area contributed by atoms with E-state index in [4.69, 9.17) is 15.2 Å². The standard InChI is InChI=1S/C11H13NO2/c12-10(7-4-5-7)8-2-1-3-9-11(8)14-6-13-9/h1-3,7,10H,4-6,12H2/t10-/m1/s1. The zero-order chi connectivity index (χ0) is 9.54. The van der Waals surface area contributed by atoms with E-state index in [9.17, 15) is 0 Å². The Bertz CT molecular complexity index is 360. The first-order valence-electron chi connectivity index (χ1n) is 5.00. The summed E-state index contributed by atoms with van der Waals surface area (Å²) in [4.78, 5) is 0.